The number of thiophene rings is 1. The number of aryl methyl sites for hydroxylation is 1. The van der Waals surface area contributed by atoms with Gasteiger partial charge in [0.05, 0.1) is 6.61 Å². The van der Waals surface area contributed by atoms with Crippen LogP contribution < -0.4 is 10.0 Å². The van der Waals surface area contributed by atoms with E-state index in [1.54, 1.807) is 0 Å². The molecule has 1 unspecified atom stereocenters. The van der Waals surface area contributed by atoms with Crippen molar-refractivity contribution in [2.24, 2.45) is 0 Å². The van der Waals surface area contributed by atoms with Crippen molar-refractivity contribution in [3.05, 3.63) is 15.8 Å². The zero-order valence-electron chi connectivity index (χ0n) is 11.9. The second-order valence-electron chi connectivity index (χ2n) is 4.99. The van der Waals surface area contributed by atoms with E-state index in [-0.39, 0.29) is 6.04 Å². The topological polar surface area (TPSA) is 67.4 Å². The number of rotatable bonds is 6. The van der Waals surface area contributed by atoms with Crippen LogP contribution in [0.4, 0.5) is 0 Å². The highest BCUT2D eigenvalue weighted by molar-refractivity contribution is 7.89. The van der Waals surface area contributed by atoms with E-state index in [0.717, 1.165) is 36.4 Å². The van der Waals surface area contributed by atoms with Crippen molar-refractivity contribution in [3.63, 3.8) is 0 Å². The Kier molecular flexibility index (Phi) is 5.57. The second kappa shape index (κ2) is 7.00. The number of hydrogen-bond donors (Lipinski definition) is 2. The van der Waals surface area contributed by atoms with Crippen molar-refractivity contribution in [3.8, 4) is 0 Å². The van der Waals surface area contributed by atoms with Gasteiger partial charge in [0, 0.05) is 24.1 Å². The molecule has 1 saturated heterocycles. The smallest absolute Gasteiger partial charge is 0.242 e. The van der Waals surface area contributed by atoms with Gasteiger partial charge < -0.3 is 10.1 Å². The SMILES string of the molecule is CCNCc1scc(C)c1S(=O)(=O)NC1CCCOC1. The Morgan fingerprint density at radius 1 is 1.50 bits per heavy atom. The summed E-state index contributed by atoms with van der Waals surface area (Å²) >= 11 is 1.49. The maximum absolute atomic E-state index is 12.6. The molecule has 0 aliphatic carbocycles. The molecule has 1 atom stereocenters. The Morgan fingerprint density at radius 2 is 2.30 bits per heavy atom. The molecule has 0 saturated carbocycles. The molecule has 5 nitrogen and oxygen atoms in total. The van der Waals surface area contributed by atoms with Crippen LogP contribution >= 0.6 is 11.3 Å². The fourth-order valence-corrected chi connectivity index (χ4v) is 5.36. The first kappa shape index (κ1) is 15.9. The van der Waals surface area contributed by atoms with Crippen molar-refractivity contribution >= 4 is 21.4 Å². The van der Waals surface area contributed by atoms with Gasteiger partial charge in [-0.05, 0) is 37.3 Å². The van der Waals surface area contributed by atoms with E-state index in [0.29, 0.717) is 18.0 Å². The van der Waals surface area contributed by atoms with Crippen LogP contribution in [0, 0.1) is 6.92 Å². The molecule has 20 heavy (non-hydrogen) atoms. The Balaban J connectivity index is 2.17. The van der Waals surface area contributed by atoms with Crippen LogP contribution in [0.2, 0.25) is 0 Å². The van der Waals surface area contributed by atoms with Crippen LogP contribution in [0.25, 0.3) is 0 Å². The number of ether oxygens (including phenoxy) is 1. The van der Waals surface area contributed by atoms with Crippen LogP contribution in [0.3, 0.4) is 0 Å². The fraction of sp³-hybridized carbons (Fsp3) is 0.692. The average molecular weight is 318 g/mol. The van der Waals surface area contributed by atoms with Gasteiger partial charge in [0.15, 0.2) is 0 Å². The van der Waals surface area contributed by atoms with Gasteiger partial charge in [0.1, 0.15) is 4.90 Å². The summed E-state index contributed by atoms with van der Waals surface area (Å²) in [6.07, 6.45) is 1.74. The third-order valence-corrected chi connectivity index (χ3v) is 6.26. The quantitative estimate of drug-likeness (QED) is 0.836. The van der Waals surface area contributed by atoms with Crippen LogP contribution in [0.15, 0.2) is 10.3 Å². The minimum Gasteiger partial charge on any atom is -0.380 e. The molecule has 2 rings (SSSR count). The van der Waals surface area contributed by atoms with Crippen LogP contribution in [-0.4, -0.2) is 34.2 Å². The third-order valence-electron chi connectivity index (χ3n) is 3.28. The zero-order chi connectivity index (χ0) is 14.6. The first-order valence-electron chi connectivity index (χ1n) is 6.92. The highest BCUT2D eigenvalue weighted by atomic mass is 32.2. The molecule has 1 aromatic heterocycles. The first-order chi connectivity index (χ1) is 9.54. The number of sulfonamides is 1. The summed E-state index contributed by atoms with van der Waals surface area (Å²) in [6, 6.07) is -0.111. The lowest BCUT2D eigenvalue weighted by Crippen LogP contribution is -2.40. The van der Waals surface area contributed by atoms with Gasteiger partial charge in [0.2, 0.25) is 10.0 Å². The summed E-state index contributed by atoms with van der Waals surface area (Å²) in [7, 11) is -3.47. The van der Waals surface area contributed by atoms with Gasteiger partial charge in [-0.15, -0.1) is 11.3 Å². The molecule has 0 bridgehead atoms. The molecule has 1 aliphatic heterocycles. The maximum atomic E-state index is 12.6. The number of hydrogen-bond acceptors (Lipinski definition) is 5. The summed E-state index contributed by atoms with van der Waals surface area (Å²) in [5, 5.41) is 5.09. The fourth-order valence-electron chi connectivity index (χ4n) is 2.32. The largest absolute Gasteiger partial charge is 0.380 e. The molecular formula is C13H22N2O3S2. The van der Waals surface area contributed by atoms with Gasteiger partial charge in [-0.25, -0.2) is 13.1 Å². The molecule has 2 N–H and O–H groups in total. The van der Waals surface area contributed by atoms with E-state index in [1.165, 1.54) is 11.3 Å². The normalized spacial score (nSPS) is 20.2. The first-order valence-corrected chi connectivity index (χ1v) is 9.28. The van der Waals surface area contributed by atoms with Crippen molar-refractivity contribution < 1.29 is 13.2 Å². The van der Waals surface area contributed by atoms with Crippen LogP contribution in [-0.2, 0) is 21.3 Å². The Hall–Kier alpha value is -0.470. The lowest BCUT2D eigenvalue weighted by Gasteiger charge is -2.23. The van der Waals surface area contributed by atoms with Gasteiger partial charge in [-0.1, -0.05) is 6.92 Å². The van der Waals surface area contributed by atoms with Gasteiger partial charge >= 0.3 is 0 Å². The highest BCUT2D eigenvalue weighted by Crippen LogP contribution is 2.27. The summed E-state index contributed by atoms with van der Waals surface area (Å²) in [5.41, 5.74) is 0.812. The average Bonchev–Trinajstić information content (AvgIpc) is 2.79. The van der Waals surface area contributed by atoms with Crippen molar-refractivity contribution in [1.29, 1.82) is 0 Å². The minimum absolute atomic E-state index is 0.111. The van der Waals surface area contributed by atoms with E-state index in [2.05, 4.69) is 10.0 Å². The summed E-state index contributed by atoms with van der Waals surface area (Å²) in [6.45, 7) is 6.45. The maximum Gasteiger partial charge on any atom is 0.242 e. The highest BCUT2D eigenvalue weighted by Gasteiger charge is 2.26. The predicted octanol–water partition coefficient (Wildman–Crippen LogP) is 1.62. The zero-order valence-corrected chi connectivity index (χ0v) is 13.6. The van der Waals surface area contributed by atoms with Crippen LogP contribution in [0.1, 0.15) is 30.2 Å². The predicted molar refractivity (Wildman–Crippen MR) is 80.6 cm³/mol. The van der Waals surface area contributed by atoms with Crippen molar-refractivity contribution in [2.45, 2.75) is 44.2 Å². The Bertz CT molecular complexity index is 534. The van der Waals surface area contributed by atoms with Gasteiger partial charge in [-0.3, -0.25) is 0 Å². The number of nitrogens with one attached hydrogen (secondary N) is 2. The van der Waals surface area contributed by atoms with E-state index in [1.807, 2.05) is 19.2 Å². The summed E-state index contributed by atoms with van der Waals surface area (Å²) < 4.78 is 33.3. The van der Waals surface area contributed by atoms with E-state index in [4.69, 9.17) is 4.74 Å². The van der Waals surface area contributed by atoms with Crippen molar-refractivity contribution in [2.75, 3.05) is 19.8 Å². The third kappa shape index (κ3) is 3.79. The molecule has 1 aliphatic rings. The molecular weight excluding hydrogens is 296 g/mol. The van der Waals surface area contributed by atoms with E-state index in [9.17, 15) is 8.42 Å². The molecule has 7 heteroatoms. The molecule has 2 heterocycles. The monoisotopic (exact) mass is 318 g/mol. The standard InChI is InChI=1S/C13H22N2O3S2/c1-3-14-7-12-13(10(2)9-19-12)20(16,17)15-11-5-4-6-18-8-11/h9,11,14-15H,3-8H2,1-2H3. The van der Waals surface area contributed by atoms with E-state index < -0.39 is 10.0 Å². The molecule has 114 valence electrons. The molecule has 0 spiro atoms. The molecule has 1 fully saturated rings. The van der Waals surface area contributed by atoms with Gasteiger partial charge in [0.25, 0.3) is 0 Å². The molecule has 0 amide bonds. The summed E-state index contributed by atoms with van der Waals surface area (Å²) in [5.74, 6) is 0. The minimum atomic E-state index is -3.47. The summed E-state index contributed by atoms with van der Waals surface area (Å²) in [4.78, 5) is 1.31. The van der Waals surface area contributed by atoms with Gasteiger partial charge in [-0.2, -0.15) is 0 Å². The lowest BCUT2D eigenvalue weighted by atomic mass is 10.1. The molecule has 1 aromatic rings. The molecule has 0 aromatic carbocycles. The lowest BCUT2D eigenvalue weighted by molar-refractivity contribution is 0.0774. The Labute approximate surface area is 124 Å². The van der Waals surface area contributed by atoms with E-state index >= 15 is 0 Å². The Morgan fingerprint density at radius 3 is 2.95 bits per heavy atom. The van der Waals surface area contributed by atoms with Crippen LogP contribution in [0.5, 0.6) is 0 Å². The second-order valence-corrected chi connectivity index (χ2v) is 7.60. The van der Waals surface area contributed by atoms with Crippen molar-refractivity contribution in [1.82, 2.24) is 10.0 Å². The molecule has 0 radical (unpaired) electrons.